The molecule has 3 atom stereocenters. The van der Waals surface area contributed by atoms with Crippen LogP contribution in [0.25, 0.3) is 0 Å². The first kappa shape index (κ1) is 20.6. The Morgan fingerprint density at radius 1 is 1.21 bits per heavy atom. The topological polar surface area (TPSA) is 76.1 Å². The number of morpholine rings is 1. The van der Waals surface area contributed by atoms with Crippen LogP contribution in [0.2, 0.25) is 0 Å². The highest BCUT2D eigenvalue weighted by Crippen LogP contribution is 2.34. The Labute approximate surface area is 166 Å². The van der Waals surface area contributed by atoms with E-state index in [9.17, 15) is 9.59 Å². The van der Waals surface area contributed by atoms with Crippen LogP contribution in [0.15, 0.2) is 42.5 Å². The SMILES string of the molecule is O=C(O)CCCC=CC[C@H]1[C@@H](Oc2ccccc2)CC(=O)[C@@H]1N1CCOCC1. The molecule has 1 N–H and O–H groups in total. The molecule has 3 rings (SSSR count). The van der Waals surface area contributed by atoms with Gasteiger partial charge in [0.25, 0.3) is 0 Å². The number of benzene rings is 1. The van der Waals surface area contributed by atoms with E-state index < -0.39 is 5.97 Å². The third-order valence-corrected chi connectivity index (χ3v) is 5.42. The summed E-state index contributed by atoms with van der Waals surface area (Å²) in [7, 11) is 0. The summed E-state index contributed by atoms with van der Waals surface area (Å²) in [6.07, 6.45) is 6.69. The monoisotopic (exact) mass is 387 g/mol. The molecule has 2 fully saturated rings. The van der Waals surface area contributed by atoms with Crippen molar-refractivity contribution in [3.63, 3.8) is 0 Å². The molecule has 28 heavy (non-hydrogen) atoms. The van der Waals surface area contributed by atoms with Crippen molar-refractivity contribution in [3.05, 3.63) is 42.5 Å². The van der Waals surface area contributed by atoms with Crippen molar-refractivity contribution in [2.45, 2.75) is 44.2 Å². The van der Waals surface area contributed by atoms with E-state index in [1.54, 1.807) is 0 Å². The molecule has 0 unspecified atom stereocenters. The van der Waals surface area contributed by atoms with Gasteiger partial charge in [-0.05, 0) is 31.4 Å². The molecule has 0 bridgehead atoms. The van der Waals surface area contributed by atoms with E-state index in [-0.39, 0.29) is 30.3 Å². The molecule has 1 heterocycles. The van der Waals surface area contributed by atoms with Gasteiger partial charge in [-0.2, -0.15) is 0 Å². The molecule has 0 spiro atoms. The highest BCUT2D eigenvalue weighted by atomic mass is 16.5. The number of Topliss-reactive ketones (excluding diaryl/α,β-unsaturated/α-hetero) is 1. The van der Waals surface area contributed by atoms with Crippen LogP contribution in [-0.2, 0) is 14.3 Å². The normalized spacial score (nSPS) is 26.0. The molecule has 1 aliphatic heterocycles. The summed E-state index contributed by atoms with van der Waals surface area (Å²) in [6, 6.07) is 9.52. The maximum Gasteiger partial charge on any atom is 0.303 e. The molecule has 152 valence electrons. The molecule has 0 amide bonds. The van der Waals surface area contributed by atoms with Crippen molar-refractivity contribution in [1.82, 2.24) is 4.90 Å². The first-order chi connectivity index (χ1) is 13.6. The summed E-state index contributed by atoms with van der Waals surface area (Å²) in [5.74, 6) is 0.352. The quantitative estimate of drug-likeness (QED) is 0.519. The minimum Gasteiger partial charge on any atom is -0.490 e. The van der Waals surface area contributed by atoms with Crippen molar-refractivity contribution in [1.29, 1.82) is 0 Å². The van der Waals surface area contributed by atoms with E-state index in [1.807, 2.05) is 36.4 Å². The number of carbonyl (C=O) groups excluding carboxylic acids is 1. The van der Waals surface area contributed by atoms with Crippen molar-refractivity contribution < 1.29 is 24.2 Å². The van der Waals surface area contributed by atoms with E-state index >= 15 is 0 Å². The number of ketones is 1. The zero-order chi connectivity index (χ0) is 19.8. The average molecular weight is 387 g/mol. The highest BCUT2D eigenvalue weighted by Gasteiger charge is 2.46. The molecule has 6 heteroatoms. The first-order valence-electron chi connectivity index (χ1n) is 10.1. The summed E-state index contributed by atoms with van der Waals surface area (Å²) in [5.41, 5.74) is 0. The van der Waals surface area contributed by atoms with Crippen LogP contribution >= 0.6 is 0 Å². The molecule has 1 aromatic carbocycles. The number of hydrogen-bond donors (Lipinski definition) is 1. The van der Waals surface area contributed by atoms with Gasteiger partial charge in [0.1, 0.15) is 11.9 Å². The summed E-state index contributed by atoms with van der Waals surface area (Å²) in [6.45, 7) is 2.86. The Kier molecular flexibility index (Phi) is 7.62. The van der Waals surface area contributed by atoms with Gasteiger partial charge < -0.3 is 14.6 Å². The average Bonchev–Trinajstić information content (AvgIpc) is 3.00. The predicted octanol–water partition coefficient (Wildman–Crippen LogP) is 2.93. The van der Waals surface area contributed by atoms with Crippen LogP contribution < -0.4 is 4.74 Å². The van der Waals surface area contributed by atoms with Crippen LogP contribution in [0.1, 0.15) is 32.1 Å². The maximum absolute atomic E-state index is 12.8. The predicted molar refractivity (Wildman–Crippen MR) is 105 cm³/mol. The van der Waals surface area contributed by atoms with Crippen LogP contribution in [-0.4, -0.2) is 60.2 Å². The maximum atomic E-state index is 12.8. The van der Waals surface area contributed by atoms with Gasteiger partial charge in [-0.3, -0.25) is 14.5 Å². The van der Waals surface area contributed by atoms with Gasteiger partial charge in [0.2, 0.25) is 0 Å². The Hall–Kier alpha value is -2.18. The number of allylic oxidation sites excluding steroid dienone is 2. The second kappa shape index (κ2) is 10.4. The Bertz CT molecular complexity index is 669. The third kappa shape index (κ3) is 5.66. The molecule has 1 saturated heterocycles. The molecule has 1 aromatic rings. The molecule has 1 aliphatic carbocycles. The minimum absolute atomic E-state index is 0.0847. The smallest absolute Gasteiger partial charge is 0.303 e. The fraction of sp³-hybridized carbons (Fsp3) is 0.545. The van der Waals surface area contributed by atoms with Crippen LogP contribution in [0.4, 0.5) is 0 Å². The molecular formula is C22H29NO5. The van der Waals surface area contributed by atoms with Crippen LogP contribution in [0, 0.1) is 5.92 Å². The standard InChI is InChI=1S/C22H29NO5/c24-19-16-20(28-17-8-4-3-5-9-17)18(10-6-1-2-7-11-21(25)26)22(19)23-12-14-27-15-13-23/h1,3-6,8-9,18,20,22H,2,7,10-16H2,(H,25,26)/t18-,20-,22+/m0/s1. The lowest BCUT2D eigenvalue weighted by atomic mass is 9.95. The van der Waals surface area contributed by atoms with Gasteiger partial charge in [-0.15, -0.1) is 0 Å². The van der Waals surface area contributed by atoms with Gasteiger partial charge in [-0.25, -0.2) is 0 Å². The lowest BCUT2D eigenvalue weighted by Crippen LogP contribution is -2.49. The summed E-state index contributed by atoms with van der Waals surface area (Å²) in [4.78, 5) is 25.7. The number of carboxylic acid groups (broad SMARTS) is 1. The number of rotatable bonds is 9. The lowest BCUT2D eigenvalue weighted by Gasteiger charge is -2.35. The number of nitrogens with zero attached hydrogens (tertiary/aromatic N) is 1. The third-order valence-electron chi connectivity index (χ3n) is 5.42. The number of ether oxygens (including phenoxy) is 2. The van der Waals surface area contributed by atoms with Crippen LogP contribution in [0.5, 0.6) is 5.75 Å². The zero-order valence-corrected chi connectivity index (χ0v) is 16.2. The van der Waals surface area contributed by atoms with Gasteiger partial charge in [0.05, 0.1) is 19.3 Å². The van der Waals surface area contributed by atoms with E-state index in [1.165, 1.54) is 0 Å². The van der Waals surface area contributed by atoms with Crippen LogP contribution in [0.3, 0.4) is 0 Å². The molecule has 1 saturated carbocycles. The second-order valence-corrected chi connectivity index (χ2v) is 7.39. The second-order valence-electron chi connectivity index (χ2n) is 7.39. The molecule has 6 nitrogen and oxygen atoms in total. The fourth-order valence-corrected chi connectivity index (χ4v) is 4.07. The number of carbonyl (C=O) groups is 2. The van der Waals surface area contributed by atoms with E-state index in [0.717, 1.165) is 31.7 Å². The Morgan fingerprint density at radius 2 is 1.96 bits per heavy atom. The van der Waals surface area contributed by atoms with Gasteiger partial charge in [0.15, 0.2) is 5.78 Å². The first-order valence-corrected chi connectivity index (χ1v) is 10.1. The van der Waals surface area contributed by atoms with Crippen molar-refractivity contribution in [2.75, 3.05) is 26.3 Å². The highest BCUT2D eigenvalue weighted by molar-refractivity contribution is 5.87. The number of aliphatic carboxylic acids is 1. The van der Waals surface area contributed by atoms with Crippen molar-refractivity contribution in [3.8, 4) is 5.75 Å². The fourth-order valence-electron chi connectivity index (χ4n) is 4.07. The summed E-state index contributed by atoms with van der Waals surface area (Å²) < 4.78 is 11.6. The Morgan fingerprint density at radius 3 is 2.68 bits per heavy atom. The lowest BCUT2D eigenvalue weighted by molar-refractivity contribution is -0.137. The molecular weight excluding hydrogens is 358 g/mol. The van der Waals surface area contributed by atoms with E-state index in [0.29, 0.717) is 26.1 Å². The van der Waals surface area contributed by atoms with Gasteiger partial charge in [-0.1, -0.05) is 30.4 Å². The summed E-state index contributed by atoms with van der Waals surface area (Å²) >= 11 is 0. The molecule has 2 aliphatic rings. The zero-order valence-electron chi connectivity index (χ0n) is 16.2. The number of para-hydroxylation sites is 1. The van der Waals surface area contributed by atoms with Gasteiger partial charge >= 0.3 is 5.97 Å². The largest absolute Gasteiger partial charge is 0.490 e. The molecule has 0 radical (unpaired) electrons. The van der Waals surface area contributed by atoms with Crippen molar-refractivity contribution >= 4 is 11.8 Å². The van der Waals surface area contributed by atoms with Crippen molar-refractivity contribution in [2.24, 2.45) is 5.92 Å². The summed E-state index contributed by atoms with van der Waals surface area (Å²) in [5, 5.41) is 8.73. The number of hydrogen-bond acceptors (Lipinski definition) is 5. The minimum atomic E-state index is -0.765. The van der Waals surface area contributed by atoms with Gasteiger partial charge in [0, 0.05) is 31.8 Å². The van der Waals surface area contributed by atoms with E-state index in [4.69, 9.17) is 14.6 Å². The Balaban J connectivity index is 1.66. The van der Waals surface area contributed by atoms with E-state index in [2.05, 4.69) is 11.0 Å². The number of unbranched alkanes of at least 4 members (excludes halogenated alkanes) is 1. The molecule has 0 aromatic heterocycles. The number of carboxylic acids is 1.